The largest absolute Gasteiger partial charge is 0.370 e. The first-order valence-electron chi connectivity index (χ1n) is 6.42. The molecule has 110 valence electrons. The van der Waals surface area contributed by atoms with Gasteiger partial charge < -0.3 is 16.4 Å². The van der Waals surface area contributed by atoms with E-state index < -0.39 is 11.9 Å². The van der Waals surface area contributed by atoms with Crippen LogP contribution in [0.4, 0.5) is 0 Å². The van der Waals surface area contributed by atoms with E-state index in [0.717, 1.165) is 5.56 Å². The van der Waals surface area contributed by atoms with Crippen molar-refractivity contribution in [2.45, 2.75) is 19.4 Å². The molecule has 4 N–H and O–H groups in total. The minimum Gasteiger partial charge on any atom is -0.370 e. The Morgan fingerprint density at radius 3 is 2.65 bits per heavy atom. The maximum Gasteiger partial charge on any atom is 0.224 e. The van der Waals surface area contributed by atoms with Crippen LogP contribution in [-0.2, 0) is 9.59 Å². The molecule has 6 heteroatoms. The van der Waals surface area contributed by atoms with E-state index in [0.29, 0.717) is 11.6 Å². The molecule has 2 atom stereocenters. The minimum atomic E-state index is -0.475. The molecular formula is C14H20ClN3O2. The second-order valence-electron chi connectivity index (χ2n) is 4.75. The number of nitrogens with one attached hydrogen (secondary N) is 2. The fourth-order valence-corrected chi connectivity index (χ4v) is 2.09. The minimum absolute atomic E-state index is 0.0400. The van der Waals surface area contributed by atoms with Crippen molar-refractivity contribution in [1.29, 1.82) is 0 Å². The van der Waals surface area contributed by atoms with E-state index in [1.165, 1.54) is 0 Å². The molecule has 0 radical (unpaired) electrons. The maximum atomic E-state index is 12.0. The van der Waals surface area contributed by atoms with Gasteiger partial charge in [-0.2, -0.15) is 0 Å². The second-order valence-corrected chi connectivity index (χ2v) is 5.18. The lowest BCUT2D eigenvalue weighted by Crippen LogP contribution is -2.38. The van der Waals surface area contributed by atoms with Gasteiger partial charge >= 0.3 is 0 Å². The summed E-state index contributed by atoms with van der Waals surface area (Å²) in [6.45, 7) is 2.37. The highest BCUT2D eigenvalue weighted by atomic mass is 35.5. The normalized spacial score (nSPS) is 13.6. The van der Waals surface area contributed by atoms with Crippen LogP contribution in [0.15, 0.2) is 24.3 Å². The number of nitrogens with two attached hydrogens (primary N) is 1. The van der Waals surface area contributed by atoms with Crippen molar-refractivity contribution in [1.82, 2.24) is 10.6 Å². The van der Waals surface area contributed by atoms with Crippen molar-refractivity contribution in [2.24, 2.45) is 11.7 Å². The van der Waals surface area contributed by atoms with Gasteiger partial charge in [0, 0.05) is 17.5 Å². The highest BCUT2D eigenvalue weighted by molar-refractivity contribution is 6.30. The standard InChI is InChI=1S/C14H20ClN3O2/c1-9(8-17-2)14(20)18-12(7-13(16)19)10-4-3-5-11(15)6-10/h3-6,9,12,17H,7-8H2,1-2H3,(H2,16,19)(H,18,20)/t9?,12-/m1/s1. The predicted octanol–water partition coefficient (Wildman–Crippen LogP) is 1.23. The quantitative estimate of drug-likeness (QED) is 0.708. The maximum absolute atomic E-state index is 12.0. The molecule has 0 saturated carbocycles. The van der Waals surface area contributed by atoms with E-state index in [2.05, 4.69) is 10.6 Å². The molecule has 1 rings (SSSR count). The van der Waals surface area contributed by atoms with Gasteiger partial charge in [-0.25, -0.2) is 0 Å². The molecule has 0 aliphatic heterocycles. The topological polar surface area (TPSA) is 84.2 Å². The smallest absolute Gasteiger partial charge is 0.224 e. The summed E-state index contributed by atoms with van der Waals surface area (Å²) < 4.78 is 0. The van der Waals surface area contributed by atoms with Crippen LogP contribution in [0.3, 0.4) is 0 Å². The van der Waals surface area contributed by atoms with E-state index in [-0.39, 0.29) is 18.2 Å². The van der Waals surface area contributed by atoms with E-state index in [4.69, 9.17) is 17.3 Å². The summed E-state index contributed by atoms with van der Waals surface area (Å²) >= 11 is 5.94. The summed E-state index contributed by atoms with van der Waals surface area (Å²) in [5, 5.41) is 6.33. The van der Waals surface area contributed by atoms with Crippen LogP contribution in [0.1, 0.15) is 24.9 Å². The number of carbonyl (C=O) groups excluding carboxylic acids is 2. The first-order valence-corrected chi connectivity index (χ1v) is 6.80. The number of primary amides is 1. The van der Waals surface area contributed by atoms with E-state index >= 15 is 0 Å². The molecule has 2 amide bonds. The second kappa shape index (κ2) is 7.87. The molecule has 1 aromatic rings. The van der Waals surface area contributed by atoms with Crippen LogP contribution < -0.4 is 16.4 Å². The molecule has 5 nitrogen and oxygen atoms in total. The number of amides is 2. The van der Waals surface area contributed by atoms with Crippen LogP contribution in [0.2, 0.25) is 5.02 Å². The number of hydrogen-bond acceptors (Lipinski definition) is 3. The molecule has 0 saturated heterocycles. The van der Waals surface area contributed by atoms with Crippen LogP contribution in [0.25, 0.3) is 0 Å². The number of hydrogen-bond donors (Lipinski definition) is 3. The lowest BCUT2D eigenvalue weighted by atomic mass is 10.0. The summed E-state index contributed by atoms with van der Waals surface area (Å²) in [5.74, 6) is -0.809. The van der Waals surface area contributed by atoms with Gasteiger partial charge in [0.2, 0.25) is 11.8 Å². The summed E-state index contributed by atoms with van der Waals surface area (Å²) in [6, 6.07) is 6.57. The molecule has 0 aliphatic rings. The van der Waals surface area contributed by atoms with Crippen LogP contribution in [-0.4, -0.2) is 25.4 Å². The molecule has 1 aromatic carbocycles. The highest BCUT2D eigenvalue weighted by Crippen LogP contribution is 2.20. The van der Waals surface area contributed by atoms with Crippen molar-refractivity contribution in [2.75, 3.05) is 13.6 Å². The first kappa shape index (κ1) is 16.5. The van der Waals surface area contributed by atoms with Crippen LogP contribution >= 0.6 is 11.6 Å². The molecule has 0 aliphatic carbocycles. The average Bonchev–Trinajstić information content (AvgIpc) is 2.37. The fraction of sp³-hybridized carbons (Fsp3) is 0.429. The van der Waals surface area contributed by atoms with Crippen LogP contribution in [0, 0.1) is 5.92 Å². The number of halogens is 1. The summed E-state index contributed by atoms with van der Waals surface area (Å²) in [7, 11) is 1.78. The monoisotopic (exact) mass is 297 g/mol. The van der Waals surface area contributed by atoms with Gasteiger partial charge in [0.15, 0.2) is 0 Å². The Hall–Kier alpha value is -1.59. The Kier molecular flexibility index (Phi) is 6.48. The first-order chi connectivity index (χ1) is 9.43. The van der Waals surface area contributed by atoms with Crippen molar-refractivity contribution in [3.63, 3.8) is 0 Å². The average molecular weight is 298 g/mol. The van der Waals surface area contributed by atoms with Crippen molar-refractivity contribution in [3.05, 3.63) is 34.9 Å². The Bertz CT molecular complexity index is 479. The molecule has 20 heavy (non-hydrogen) atoms. The van der Waals surface area contributed by atoms with Crippen molar-refractivity contribution >= 4 is 23.4 Å². The summed E-state index contributed by atoms with van der Waals surface area (Å²) in [5.41, 5.74) is 6.01. The molecular weight excluding hydrogens is 278 g/mol. The predicted molar refractivity (Wildman–Crippen MR) is 79.2 cm³/mol. The van der Waals surface area contributed by atoms with Gasteiger partial charge in [0.05, 0.1) is 12.5 Å². The Balaban J connectivity index is 2.85. The van der Waals surface area contributed by atoms with E-state index in [9.17, 15) is 9.59 Å². The van der Waals surface area contributed by atoms with Crippen molar-refractivity contribution in [3.8, 4) is 0 Å². The zero-order valence-electron chi connectivity index (χ0n) is 11.7. The highest BCUT2D eigenvalue weighted by Gasteiger charge is 2.20. The summed E-state index contributed by atoms with van der Waals surface area (Å²) in [6.07, 6.45) is 0.0400. The molecule has 1 unspecified atom stereocenters. The molecule has 0 spiro atoms. The van der Waals surface area contributed by atoms with Gasteiger partial charge in [-0.3, -0.25) is 9.59 Å². The third kappa shape index (κ3) is 5.19. The third-order valence-electron chi connectivity index (χ3n) is 2.93. The number of rotatable bonds is 7. The zero-order chi connectivity index (χ0) is 15.1. The van der Waals surface area contributed by atoms with Gasteiger partial charge in [-0.05, 0) is 24.7 Å². The van der Waals surface area contributed by atoms with E-state index in [1.54, 1.807) is 25.2 Å². The molecule has 0 aromatic heterocycles. The fourth-order valence-electron chi connectivity index (χ4n) is 1.89. The Labute approximate surface area is 123 Å². The SMILES string of the molecule is CNCC(C)C(=O)N[C@H](CC(N)=O)c1cccc(Cl)c1. The van der Waals surface area contributed by atoms with Crippen LogP contribution in [0.5, 0.6) is 0 Å². The van der Waals surface area contributed by atoms with Crippen molar-refractivity contribution < 1.29 is 9.59 Å². The lowest BCUT2D eigenvalue weighted by Gasteiger charge is -2.20. The summed E-state index contributed by atoms with van der Waals surface area (Å²) in [4.78, 5) is 23.2. The Morgan fingerprint density at radius 1 is 1.40 bits per heavy atom. The molecule has 0 fully saturated rings. The Morgan fingerprint density at radius 2 is 2.10 bits per heavy atom. The van der Waals surface area contributed by atoms with Gasteiger partial charge in [0.1, 0.15) is 0 Å². The van der Waals surface area contributed by atoms with Gasteiger partial charge in [-0.1, -0.05) is 30.7 Å². The lowest BCUT2D eigenvalue weighted by molar-refractivity contribution is -0.125. The number of benzene rings is 1. The zero-order valence-corrected chi connectivity index (χ0v) is 12.4. The van der Waals surface area contributed by atoms with Gasteiger partial charge in [0.25, 0.3) is 0 Å². The van der Waals surface area contributed by atoms with Gasteiger partial charge in [-0.15, -0.1) is 0 Å². The molecule has 0 heterocycles. The third-order valence-corrected chi connectivity index (χ3v) is 3.17. The number of carbonyl (C=O) groups is 2. The molecule has 0 bridgehead atoms. The van der Waals surface area contributed by atoms with E-state index in [1.807, 2.05) is 13.0 Å².